The van der Waals surface area contributed by atoms with Crippen molar-refractivity contribution in [3.63, 3.8) is 0 Å². The Bertz CT molecular complexity index is 294. The molecule has 0 aromatic heterocycles. The summed E-state index contributed by atoms with van der Waals surface area (Å²) in [6.07, 6.45) is 5.42. The number of nitrogens with one attached hydrogen (secondary N) is 1. The van der Waals surface area contributed by atoms with Crippen molar-refractivity contribution in [2.24, 2.45) is 17.3 Å². The fourth-order valence-electron chi connectivity index (χ4n) is 3.38. The molecule has 3 nitrogen and oxygen atoms in total. The molecule has 1 aliphatic carbocycles. The second-order valence-electron chi connectivity index (χ2n) is 8.15. The van der Waals surface area contributed by atoms with Crippen molar-refractivity contribution >= 4 is 0 Å². The molecule has 0 aromatic carbocycles. The van der Waals surface area contributed by atoms with Crippen LogP contribution in [0.5, 0.6) is 0 Å². The van der Waals surface area contributed by atoms with Crippen molar-refractivity contribution in [1.29, 1.82) is 0 Å². The minimum absolute atomic E-state index is 0.326. The smallest absolute Gasteiger partial charge is 0.0546 e. The van der Waals surface area contributed by atoms with Crippen molar-refractivity contribution in [3.8, 4) is 0 Å². The van der Waals surface area contributed by atoms with Crippen LogP contribution in [0.3, 0.4) is 0 Å². The molecule has 2 aliphatic rings. The Kier molecular flexibility index (Phi) is 6.51. The zero-order chi connectivity index (χ0) is 15.3. The molecule has 3 heteroatoms. The maximum atomic E-state index is 5.88. The summed E-state index contributed by atoms with van der Waals surface area (Å²) in [6.45, 7) is 15.9. The first kappa shape index (κ1) is 17.2. The highest BCUT2D eigenvalue weighted by Crippen LogP contribution is 2.34. The largest absolute Gasteiger partial charge is 0.381 e. The maximum Gasteiger partial charge on any atom is 0.0546 e. The molecule has 2 rings (SSSR count). The van der Waals surface area contributed by atoms with E-state index in [-0.39, 0.29) is 0 Å². The van der Waals surface area contributed by atoms with E-state index < -0.39 is 0 Å². The van der Waals surface area contributed by atoms with Gasteiger partial charge in [-0.15, -0.1) is 0 Å². The first-order valence-corrected chi connectivity index (χ1v) is 9.03. The van der Waals surface area contributed by atoms with Crippen molar-refractivity contribution in [2.75, 3.05) is 39.4 Å². The van der Waals surface area contributed by atoms with Crippen LogP contribution in [0.4, 0.5) is 0 Å². The summed E-state index contributed by atoms with van der Waals surface area (Å²) in [5.74, 6) is 1.69. The van der Waals surface area contributed by atoms with Crippen molar-refractivity contribution in [2.45, 2.75) is 59.4 Å². The van der Waals surface area contributed by atoms with Gasteiger partial charge in [-0.3, -0.25) is 4.90 Å². The molecule has 1 saturated carbocycles. The number of hydrogen-bond donors (Lipinski definition) is 1. The topological polar surface area (TPSA) is 24.5 Å². The average molecular weight is 296 g/mol. The van der Waals surface area contributed by atoms with Crippen molar-refractivity contribution in [1.82, 2.24) is 10.2 Å². The van der Waals surface area contributed by atoms with Crippen molar-refractivity contribution in [3.05, 3.63) is 0 Å². The van der Waals surface area contributed by atoms with Crippen LogP contribution < -0.4 is 5.32 Å². The lowest BCUT2D eigenvalue weighted by Crippen LogP contribution is -2.51. The van der Waals surface area contributed by atoms with Gasteiger partial charge in [0.05, 0.1) is 6.61 Å². The molecular formula is C18H36N2O. The lowest BCUT2D eigenvalue weighted by atomic mass is 9.81. The van der Waals surface area contributed by atoms with E-state index >= 15 is 0 Å². The van der Waals surface area contributed by atoms with Crippen LogP contribution in [0.15, 0.2) is 0 Å². The Hall–Kier alpha value is -0.120. The molecule has 0 radical (unpaired) electrons. The predicted molar refractivity (Wildman–Crippen MR) is 89.6 cm³/mol. The summed E-state index contributed by atoms with van der Waals surface area (Å²) in [5, 5.41) is 3.70. The Morgan fingerprint density at radius 2 is 2.00 bits per heavy atom. The molecule has 124 valence electrons. The van der Waals surface area contributed by atoms with Gasteiger partial charge in [0.25, 0.3) is 0 Å². The molecular weight excluding hydrogens is 260 g/mol. The molecule has 1 saturated heterocycles. The lowest BCUT2D eigenvalue weighted by molar-refractivity contribution is -0.0318. The van der Waals surface area contributed by atoms with Crippen LogP contribution in [0.1, 0.15) is 53.4 Å². The third-order valence-electron chi connectivity index (χ3n) is 4.92. The molecule has 21 heavy (non-hydrogen) atoms. The fraction of sp³-hybridized carbons (Fsp3) is 1.00. The summed E-state index contributed by atoms with van der Waals surface area (Å²) < 4.78 is 5.88. The molecule has 1 aliphatic heterocycles. The molecule has 1 unspecified atom stereocenters. The Balaban J connectivity index is 1.92. The Morgan fingerprint density at radius 1 is 1.24 bits per heavy atom. The normalized spacial score (nSPS) is 27.0. The second kappa shape index (κ2) is 7.94. The minimum atomic E-state index is 0.326. The molecule has 1 heterocycles. The molecule has 0 aromatic rings. The maximum absolute atomic E-state index is 5.88. The highest BCUT2D eigenvalue weighted by atomic mass is 16.5. The molecule has 1 N–H and O–H groups in total. The van der Waals surface area contributed by atoms with Gasteiger partial charge in [0.2, 0.25) is 0 Å². The van der Waals surface area contributed by atoms with E-state index in [1.54, 1.807) is 0 Å². The zero-order valence-corrected chi connectivity index (χ0v) is 14.7. The Labute approximate surface area is 131 Å². The van der Waals surface area contributed by atoms with Gasteiger partial charge in [-0.05, 0) is 57.9 Å². The molecule has 0 bridgehead atoms. The fourth-order valence-corrected chi connectivity index (χ4v) is 3.38. The van der Waals surface area contributed by atoms with Gasteiger partial charge in [-0.2, -0.15) is 0 Å². The number of hydrogen-bond acceptors (Lipinski definition) is 3. The standard InChI is InChI=1S/C18H36N2O/c1-15(2)10-19-12-18(8-5-9-21-14-18)13-20(16(3)4)11-17-6-7-17/h15-17,19H,5-14H2,1-4H3. The molecule has 0 amide bonds. The predicted octanol–water partition coefficient (Wildman–Crippen LogP) is 3.15. The first-order chi connectivity index (χ1) is 10.0. The van der Waals surface area contributed by atoms with Gasteiger partial charge in [0.1, 0.15) is 0 Å². The molecule has 0 spiro atoms. The first-order valence-electron chi connectivity index (χ1n) is 9.03. The Morgan fingerprint density at radius 3 is 2.52 bits per heavy atom. The summed E-state index contributed by atoms with van der Waals surface area (Å²) in [7, 11) is 0. The molecule has 2 fully saturated rings. The van der Waals surface area contributed by atoms with E-state index in [1.165, 1.54) is 38.8 Å². The summed E-state index contributed by atoms with van der Waals surface area (Å²) >= 11 is 0. The van der Waals surface area contributed by atoms with Gasteiger partial charge in [0, 0.05) is 37.7 Å². The van der Waals surface area contributed by atoms with Crippen LogP contribution in [-0.2, 0) is 4.74 Å². The van der Waals surface area contributed by atoms with Crippen LogP contribution in [-0.4, -0.2) is 50.3 Å². The van der Waals surface area contributed by atoms with Gasteiger partial charge in [0.15, 0.2) is 0 Å². The number of ether oxygens (including phenoxy) is 1. The van der Waals surface area contributed by atoms with E-state index in [0.717, 1.165) is 38.1 Å². The zero-order valence-electron chi connectivity index (χ0n) is 14.7. The number of nitrogens with zero attached hydrogens (tertiary/aromatic N) is 1. The third-order valence-corrected chi connectivity index (χ3v) is 4.92. The van der Waals surface area contributed by atoms with Gasteiger partial charge < -0.3 is 10.1 Å². The summed E-state index contributed by atoms with van der Waals surface area (Å²) in [5.41, 5.74) is 0.326. The minimum Gasteiger partial charge on any atom is -0.381 e. The SMILES string of the molecule is CC(C)CNCC1(CN(CC2CC2)C(C)C)CCCOC1. The van der Waals surface area contributed by atoms with E-state index in [9.17, 15) is 0 Å². The van der Waals surface area contributed by atoms with E-state index in [0.29, 0.717) is 11.5 Å². The van der Waals surface area contributed by atoms with Crippen LogP contribution in [0.25, 0.3) is 0 Å². The van der Waals surface area contributed by atoms with Gasteiger partial charge in [-0.1, -0.05) is 13.8 Å². The second-order valence-corrected chi connectivity index (χ2v) is 8.15. The van der Waals surface area contributed by atoms with Crippen LogP contribution in [0.2, 0.25) is 0 Å². The third kappa shape index (κ3) is 5.88. The summed E-state index contributed by atoms with van der Waals surface area (Å²) in [4.78, 5) is 2.71. The monoisotopic (exact) mass is 296 g/mol. The summed E-state index contributed by atoms with van der Waals surface area (Å²) in [6, 6.07) is 0.648. The van der Waals surface area contributed by atoms with Gasteiger partial charge >= 0.3 is 0 Å². The van der Waals surface area contributed by atoms with Crippen molar-refractivity contribution < 1.29 is 4.74 Å². The average Bonchev–Trinajstić information content (AvgIpc) is 3.22. The number of rotatable bonds is 9. The highest BCUT2D eigenvalue weighted by molar-refractivity contribution is 4.90. The highest BCUT2D eigenvalue weighted by Gasteiger charge is 2.36. The van der Waals surface area contributed by atoms with Crippen LogP contribution >= 0.6 is 0 Å². The quantitative estimate of drug-likeness (QED) is 0.707. The van der Waals surface area contributed by atoms with E-state index in [1.807, 2.05) is 0 Å². The van der Waals surface area contributed by atoms with Crippen LogP contribution in [0, 0.1) is 17.3 Å². The molecule has 1 atom stereocenters. The lowest BCUT2D eigenvalue weighted by Gasteiger charge is -2.42. The van der Waals surface area contributed by atoms with E-state index in [2.05, 4.69) is 37.9 Å². The van der Waals surface area contributed by atoms with E-state index in [4.69, 9.17) is 4.74 Å². The van der Waals surface area contributed by atoms with Gasteiger partial charge in [-0.25, -0.2) is 0 Å².